The van der Waals surface area contributed by atoms with E-state index in [-0.39, 0.29) is 0 Å². The van der Waals surface area contributed by atoms with Crippen LogP contribution >= 0.6 is 27.5 Å². The molecule has 0 saturated carbocycles. The Hall–Kier alpha value is -1.32. The van der Waals surface area contributed by atoms with Gasteiger partial charge in [-0.2, -0.15) is 5.10 Å². The maximum Gasteiger partial charge on any atom is 0.0573 e. The molecule has 2 rings (SSSR count). The molecule has 0 bridgehead atoms. The van der Waals surface area contributed by atoms with Crippen molar-refractivity contribution in [1.29, 1.82) is 0 Å². The van der Waals surface area contributed by atoms with E-state index in [0.29, 0.717) is 5.02 Å². The Balaban J connectivity index is 2.06. The lowest BCUT2D eigenvalue weighted by Crippen LogP contribution is -1.90. The highest BCUT2D eigenvalue weighted by Crippen LogP contribution is 2.16. The van der Waals surface area contributed by atoms with Crippen molar-refractivity contribution in [1.82, 2.24) is 0 Å². The topological polar surface area (TPSA) is 24.4 Å². The molecule has 0 radical (unpaired) electrons. The van der Waals surface area contributed by atoms with E-state index >= 15 is 0 Å². The van der Waals surface area contributed by atoms with Crippen molar-refractivity contribution in [2.45, 2.75) is 0 Å². The van der Waals surface area contributed by atoms with Crippen molar-refractivity contribution in [2.24, 2.45) is 5.10 Å². The van der Waals surface area contributed by atoms with Crippen LogP contribution in [0.15, 0.2) is 58.1 Å². The van der Waals surface area contributed by atoms with Gasteiger partial charge in [-0.3, -0.25) is 5.43 Å². The van der Waals surface area contributed by atoms with Crippen LogP contribution in [0.25, 0.3) is 0 Å². The average molecular weight is 310 g/mol. The standard InChI is InChI=1S/C13H10BrClN2/c14-11-5-3-6-12(8-11)17-16-9-10-4-1-2-7-13(10)15/h1-9,17H/b16-9+. The number of anilines is 1. The number of halogens is 2. The molecule has 86 valence electrons. The fourth-order valence-corrected chi connectivity index (χ4v) is 1.90. The molecule has 0 amide bonds. The third-order valence-electron chi connectivity index (χ3n) is 2.13. The van der Waals surface area contributed by atoms with E-state index in [9.17, 15) is 0 Å². The molecule has 2 aromatic carbocycles. The van der Waals surface area contributed by atoms with Crippen LogP contribution in [0.4, 0.5) is 5.69 Å². The number of nitrogens with zero attached hydrogens (tertiary/aromatic N) is 1. The van der Waals surface area contributed by atoms with Crippen LogP contribution in [0.1, 0.15) is 5.56 Å². The van der Waals surface area contributed by atoms with Gasteiger partial charge in [-0.25, -0.2) is 0 Å². The first-order valence-electron chi connectivity index (χ1n) is 5.05. The second kappa shape index (κ2) is 5.84. The summed E-state index contributed by atoms with van der Waals surface area (Å²) in [6, 6.07) is 15.4. The highest BCUT2D eigenvalue weighted by atomic mass is 79.9. The minimum atomic E-state index is 0.687. The van der Waals surface area contributed by atoms with Gasteiger partial charge in [0.1, 0.15) is 0 Å². The predicted octanol–water partition coefficient (Wildman–Crippen LogP) is 4.55. The van der Waals surface area contributed by atoms with Gasteiger partial charge in [-0.1, -0.05) is 51.8 Å². The van der Waals surface area contributed by atoms with Crippen molar-refractivity contribution in [3.8, 4) is 0 Å². The largest absolute Gasteiger partial charge is 0.278 e. The SMILES string of the molecule is Clc1ccccc1/C=N/Nc1cccc(Br)c1. The molecule has 17 heavy (non-hydrogen) atoms. The van der Waals surface area contributed by atoms with Crippen LogP contribution in [0.5, 0.6) is 0 Å². The molecule has 0 saturated heterocycles. The molecular weight excluding hydrogens is 300 g/mol. The molecule has 2 aromatic rings. The fourth-order valence-electron chi connectivity index (χ4n) is 1.31. The molecule has 0 spiro atoms. The average Bonchev–Trinajstić information content (AvgIpc) is 2.32. The highest BCUT2D eigenvalue weighted by molar-refractivity contribution is 9.10. The zero-order chi connectivity index (χ0) is 12.1. The Bertz CT molecular complexity index is 540. The Morgan fingerprint density at radius 1 is 1.12 bits per heavy atom. The number of hydrogen-bond donors (Lipinski definition) is 1. The summed E-state index contributed by atoms with van der Waals surface area (Å²) in [5.41, 5.74) is 4.75. The first-order valence-corrected chi connectivity index (χ1v) is 6.22. The number of rotatable bonds is 3. The smallest absolute Gasteiger partial charge is 0.0573 e. The summed E-state index contributed by atoms with van der Waals surface area (Å²) in [7, 11) is 0. The van der Waals surface area contributed by atoms with Gasteiger partial charge in [0.25, 0.3) is 0 Å². The van der Waals surface area contributed by atoms with Gasteiger partial charge in [-0.15, -0.1) is 0 Å². The third-order valence-corrected chi connectivity index (χ3v) is 2.96. The van der Waals surface area contributed by atoms with E-state index < -0.39 is 0 Å². The minimum absolute atomic E-state index is 0.687. The van der Waals surface area contributed by atoms with Crippen molar-refractivity contribution in [3.05, 3.63) is 63.6 Å². The predicted molar refractivity (Wildman–Crippen MR) is 76.8 cm³/mol. The summed E-state index contributed by atoms with van der Waals surface area (Å²) in [6.45, 7) is 0. The van der Waals surface area contributed by atoms with Gasteiger partial charge in [-0.05, 0) is 24.3 Å². The van der Waals surface area contributed by atoms with E-state index in [1.54, 1.807) is 6.21 Å². The summed E-state index contributed by atoms with van der Waals surface area (Å²) >= 11 is 9.40. The molecule has 0 unspecified atom stereocenters. The van der Waals surface area contributed by atoms with Gasteiger partial charge in [0, 0.05) is 15.1 Å². The second-order valence-electron chi connectivity index (χ2n) is 3.40. The molecule has 0 atom stereocenters. The van der Waals surface area contributed by atoms with Crippen LogP contribution in [0.3, 0.4) is 0 Å². The lowest BCUT2D eigenvalue weighted by Gasteiger charge is -2.00. The van der Waals surface area contributed by atoms with E-state index in [1.807, 2.05) is 48.5 Å². The number of benzene rings is 2. The van der Waals surface area contributed by atoms with Crippen molar-refractivity contribution in [3.63, 3.8) is 0 Å². The lowest BCUT2D eigenvalue weighted by molar-refractivity contribution is 1.35. The van der Waals surface area contributed by atoms with Crippen LogP contribution in [-0.2, 0) is 0 Å². The van der Waals surface area contributed by atoms with Crippen LogP contribution in [0.2, 0.25) is 5.02 Å². The quantitative estimate of drug-likeness (QED) is 0.653. The summed E-state index contributed by atoms with van der Waals surface area (Å²) in [6.07, 6.45) is 1.70. The van der Waals surface area contributed by atoms with Crippen molar-refractivity contribution >= 4 is 39.4 Å². The van der Waals surface area contributed by atoms with Gasteiger partial charge in [0.15, 0.2) is 0 Å². The molecule has 1 N–H and O–H groups in total. The number of hydrogen-bond acceptors (Lipinski definition) is 2. The van der Waals surface area contributed by atoms with E-state index in [4.69, 9.17) is 11.6 Å². The Labute approximate surface area is 113 Å². The monoisotopic (exact) mass is 308 g/mol. The molecule has 0 fully saturated rings. The summed E-state index contributed by atoms with van der Waals surface area (Å²) in [4.78, 5) is 0. The van der Waals surface area contributed by atoms with Crippen LogP contribution in [0, 0.1) is 0 Å². The minimum Gasteiger partial charge on any atom is -0.278 e. The van der Waals surface area contributed by atoms with E-state index in [0.717, 1.165) is 15.7 Å². The van der Waals surface area contributed by atoms with Gasteiger partial charge in [0.2, 0.25) is 0 Å². The van der Waals surface area contributed by atoms with Crippen molar-refractivity contribution < 1.29 is 0 Å². The summed E-state index contributed by atoms with van der Waals surface area (Å²) in [5, 5.41) is 4.82. The maximum absolute atomic E-state index is 6.00. The Morgan fingerprint density at radius 3 is 2.71 bits per heavy atom. The zero-order valence-electron chi connectivity index (χ0n) is 8.90. The lowest BCUT2D eigenvalue weighted by atomic mass is 10.2. The molecule has 0 aliphatic carbocycles. The van der Waals surface area contributed by atoms with Gasteiger partial charge < -0.3 is 0 Å². The van der Waals surface area contributed by atoms with Crippen LogP contribution in [-0.4, -0.2) is 6.21 Å². The molecule has 0 aliphatic rings. The van der Waals surface area contributed by atoms with Gasteiger partial charge >= 0.3 is 0 Å². The second-order valence-corrected chi connectivity index (χ2v) is 4.72. The number of hydrazone groups is 1. The van der Waals surface area contributed by atoms with Crippen LogP contribution < -0.4 is 5.43 Å². The molecule has 0 heterocycles. The maximum atomic E-state index is 6.00. The van der Waals surface area contributed by atoms with Crippen molar-refractivity contribution in [2.75, 3.05) is 5.43 Å². The Kier molecular flexibility index (Phi) is 4.18. The molecule has 0 aliphatic heterocycles. The highest BCUT2D eigenvalue weighted by Gasteiger charge is 1.94. The first kappa shape index (κ1) is 12.1. The van der Waals surface area contributed by atoms with E-state index in [1.165, 1.54) is 0 Å². The molecule has 2 nitrogen and oxygen atoms in total. The van der Waals surface area contributed by atoms with E-state index in [2.05, 4.69) is 26.5 Å². The zero-order valence-corrected chi connectivity index (χ0v) is 11.2. The summed E-state index contributed by atoms with van der Waals surface area (Å²) < 4.78 is 1.01. The molecular formula is C13H10BrClN2. The first-order chi connectivity index (χ1) is 8.25. The van der Waals surface area contributed by atoms with Gasteiger partial charge in [0.05, 0.1) is 11.9 Å². The number of nitrogens with one attached hydrogen (secondary N) is 1. The fraction of sp³-hybridized carbons (Fsp3) is 0. The normalized spacial score (nSPS) is 10.7. The molecule has 4 heteroatoms. The third kappa shape index (κ3) is 3.58. The summed E-state index contributed by atoms with van der Waals surface area (Å²) in [5.74, 6) is 0. The molecule has 0 aromatic heterocycles. The Morgan fingerprint density at radius 2 is 1.94 bits per heavy atom.